The summed E-state index contributed by atoms with van der Waals surface area (Å²) in [6.45, 7) is 5.09. The van der Waals surface area contributed by atoms with Crippen LogP contribution in [-0.4, -0.2) is 6.04 Å². The van der Waals surface area contributed by atoms with Gasteiger partial charge in [-0.3, -0.25) is 0 Å². The van der Waals surface area contributed by atoms with Gasteiger partial charge in [0.1, 0.15) is 0 Å². The van der Waals surface area contributed by atoms with Gasteiger partial charge < -0.3 is 5.32 Å². The van der Waals surface area contributed by atoms with E-state index in [1.54, 1.807) is 0 Å². The molecule has 0 atom stereocenters. The molecule has 0 aromatic heterocycles. The fraction of sp³-hybridized carbons (Fsp3) is 0.400. The van der Waals surface area contributed by atoms with Gasteiger partial charge in [0, 0.05) is 17.6 Å². The molecule has 0 heterocycles. The zero-order valence-electron chi connectivity index (χ0n) is 7.88. The Balaban J connectivity index is 0.00000144. The van der Waals surface area contributed by atoms with Crippen molar-refractivity contribution in [3.8, 4) is 0 Å². The molecule has 0 aliphatic heterocycles. The SMILES string of the molecule is CC(C)NCc1ccccc1Cl.Cl. The molecule has 1 aromatic carbocycles. The van der Waals surface area contributed by atoms with Gasteiger partial charge in [0.2, 0.25) is 0 Å². The molecule has 0 aliphatic rings. The Morgan fingerprint density at radius 1 is 1.31 bits per heavy atom. The highest BCUT2D eigenvalue weighted by Crippen LogP contribution is 2.14. The molecule has 3 heteroatoms. The van der Waals surface area contributed by atoms with Gasteiger partial charge in [-0.1, -0.05) is 43.6 Å². The predicted molar refractivity (Wildman–Crippen MR) is 60.7 cm³/mol. The van der Waals surface area contributed by atoms with Crippen LogP contribution < -0.4 is 5.32 Å². The number of nitrogens with one attached hydrogen (secondary N) is 1. The van der Waals surface area contributed by atoms with Crippen molar-refractivity contribution in [2.24, 2.45) is 0 Å². The molecule has 0 saturated heterocycles. The average Bonchev–Trinajstić information content (AvgIpc) is 2.03. The van der Waals surface area contributed by atoms with E-state index in [1.165, 1.54) is 0 Å². The van der Waals surface area contributed by atoms with Crippen LogP contribution in [0.25, 0.3) is 0 Å². The minimum atomic E-state index is 0. The highest BCUT2D eigenvalue weighted by atomic mass is 35.5. The van der Waals surface area contributed by atoms with Crippen LogP contribution in [0.5, 0.6) is 0 Å². The van der Waals surface area contributed by atoms with E-state index in [0.717, 1.165) is 17.1 Å². The van der Waals surface area contributed by atoms with E-state index in [-0.39, 0.29) is 12.4 Å². The Morgan fingerprint density at radius 2 is 1.92 bits per heavy atom. The van der Waals surface area contributed by atoms with E-state index in [4.69, 9.17) is 11.6 Å². The zero-order valence-corrected chi connectivity index (χ0v) is 9.45. The molecular weight excluding hydrogens is 205 g/mol. The second-order valence-electron chi connectivity index (χ2n) is 3.13. The van der Waals surface area contributed by atoms with Crippen molar-refractivity contribution in [2.75, 3.05) is 0 Å². The highest BCUT2D eigenvalue weighted by Gasteiger charge is 1.98. The molecule has 0 saturated carbocycles. The molecule has 0 spiro atoms. The van der Waals surface area contributed by atoms with Crippen LogP contribution in [0.4, 0.5) is 0 Å². The molecule has 0 aliphatic carbocycles. The topological polar surface area (TPSA) is 12.0 Å². The minimum Gasteiger partial charge on any atom is -0.310 e. The van der Waals surface area contributed by atoms with Crippen LogP contribution in [0.1, 0.15) is 19.4 Å². The Morgan fingerprint density at radius 3 is 2.46 bits per heavy atom. The third kappa shape index (κ3) is 4.51. The first-order valence-electron chi connectivity index (χ1n) is 4.17. The summed E-state index contributed by atoms with van der Waals surface area (Å²) >= 11 is 5.97. The average molecular weight is 220 g/mol. The lowest BCUT2D eigenvalue weighted by atomic mass is 10.2. The summed E-state index contributed by atoms with van der Waals surface area (Å²) < 4.78 is 0. The van der Waals surface area contributed by atoms with E-state index in [1.807, 2.05) is 24.3 Å². The van der Waals surface area contributed by atoms with Crippen LogP contribution in [0.3, 0.4) is 0 Å². The molecule has 1 N–H and O–H groups in total. The molecule has 1 aromatic rings. The number of benzene rings is 1. The highest BCUT2D eigenvalue weighted by molar-refractivity contribution is 6.31. The first kappa shape index (κ1) is 12.8. The van der Waals surface area contributed by atoms with Gasteiger partial charge in [-0.15, -0.1) is 12.4 Å². The normalized spacial score (nSPS) is 9.85. The summed E-state index contributed by atoms with van der Waals surface area (Å²) in [5.41, 5.74) is 1.16. The van der Waals surface area contributed by atoms with Gasteiger partial charge in [-0.2, -0.15) is 0 Å². The molecule has 1 nitrogen and oxygen atoms in total. The summed E-state index contributed by atoms with van der Waals surface area (Å²) in [6.07, 6.45) is 0. The molecule has 13 heavy (non-hydrogen) atoms. The van der Waals surface area contributed by atoms with Crippen LogP contribution in [0.2, 0.25) is 5.02 Å². The lowest BCUT2D eigenvalue weighted by Crippen LogP contribution is -2.21. The van der Waals surface area contributed by atoms with Crippen molar-refractivity contribution in [3.63, 3.8) is 0 Å². The third-order valence-electron chi connectivity index (χ3n) is 1.66. The summed E-state index contributed by atoms with van der Waals surface area (Å²) in [7, 11) is 0. The van der Waals surface area contributed by atoms with Crippen molar-refractivity contribution in [1.29, 1.82) is 0 Å². The largest absolute Gasteiger partial charge is 0.310 e. The molecular formula is C10H15Cl2N. The molecule has 0 radical (unpaired) electrons. The number of hydrogen-bond donors (Lipinski definition) is 1. The predicted octanol–water partition coefficient (Wildman–Crippen LogP) is 3.26. The molecule has 0 fully saturated rings. The fourth-order valence-electron chi connectivity index (χ4n) is 0.956. The van der Waals surface area contributed by atoms with Crippen LogP contribution in [0.15, 0.2) is 24.3 Å². The molecule has 0 amide bonds. The van der Waals surface area contributed by atoms with Crippen molar-refractivity contribution in [2.45, 2.75) is 26.4 Å². The molecule has 74 valence electrons. The second kappa shape index (κ2) is 6.25. The number of halogens is 2. The lowest BCUT2D eigenvalue weighted by molar-refractivity contribution is 0.589. The maximum atomic E-state index is 5.97. The third-order valence-corrected chi connectivity index (χ3v) is 2.03. The fourth-order valence-corrected chi connectivity index (χ4v) is 1.16. The van der Waals surface area contributed by atoms with Crippen molar-refractivity contribution in [3.05, 3.63) is 34.9 Å². The quantitative estimate of drug-likeness (QED) is 0.824. The number of hydrogen-bond acceptors (Lipinski definition) is 1. The Labute approximate surface area is 90.9 Å². The van der Waals surface area contributed by atoms with Gasteiger partial charge in [0.05, 0.1) is 0 Å². The van der Waals surface area contributed by atoms with E-state index in [2.05, 4.69) is 19.2 Å². The standard InChI is InChI=1S/C10H14ClN.ClH/c1-8(2)12-7-9-5-3-4-6-10(9)11;/h3-6,8,12H,7H2,1-2H3;1H. The molecule has 1 rings (SSSR count). The summed E-state index contributed by atoms with van der Waals surface area (Å²) in [4.78, 5) is 0. The van der Waals surface area contributed by atoms with Crippen LogP contribution in [0, 0.1) is 0 Å². The maximum Gasteiger partial charge on any atom is 0.0450 e. The van der Waals surface area contributed by atoms with Gasteiger partial charge in [-0.25, -0.2) is 0 Å². The zero-order chi connectivity index (χ0) is 8.97. The minimum absolute atomic E-state index is 0. The van der Waals surface area contributed by atoms with Crippen molar-refractivity contribution < 1.29 is 0 Å². The lowest BCUT2D eigenvalue weighted by Gasteiger charge is -2.08. The van der Waals surface area contributed by atoms with E-state index in [0.29, 0.717) is 6.04 Å². The number of rotatable bonds is 3. The summed E-state index contributed by atoms with van der Waals surface area (Å²) in [6, 6.07) is 8.40. The Kier molecular flexibility index (Phi) is 6.13. The van der Waals surface area contributed by atoms with Crippen molar-refractivity contribution in [1.82, 2.24) is 5.32 Å². The maximum absolute atomic E-state index is 5.97. The Bertz CT molecular complexity index is 248. The monoisotopic (exact) mass is 219 g/mol. The summed E-state index contributed by atoms with van der Waals surface area (Å²) in [5.74, 6) is 0. The van der Waals surface area contributed by atoms with E-state index < -0.39 is 0 Å². The summed E-state index contributed by atoms with van der Waals surface area (Å²) in [5, 5.41) is 4.16. The van der Waals surface area contributed by atoms with Gasteiger partial charge in [0.15, 0.2) is 0 Å². The van der Waals surface area contributed by atoms with Gasteiger partial charge in [0.25, 0.3) is 0 Å². The first-order valence-corrected chi connectivity index (χ1v) is 4.54. The van der Waals surface area contributed by atoms with E-state index >= 15 is 0 Å². The second-order valence-corrected chi connectivity index (χ2v) is 3.53. The van der Waals surface area contributed by atoms with Crippen LogP contribution >= 0.6 is 24.0 Å². The molecule has 0 unspecified atom stereocenters. The Hall–Kier alpha value is -0.240. The van der Waals surface area contributed by atoms with Crippen LogP contribution in [-0.2, 0) is 6.54 Å². The van der Waals surface area contributed by atoms with Crippen molar-refractivity contribution >= 4 is 24.0 Å². The van der Waals surface area contributed by atoms with Gasteiger partial charge in [-0.05, 0) is 11.6 Å². The van der Waals surface area contributed by atoms with E-state index in [9.17, 15) is 0 Å². The van der Waals surface area contributed by atoms with Gasteiger partial charge >= 0.3 is 0 Å². The smallest absolute Gasteiger partial charge is 0.0450 e. The molecule has 0 bridgehead atoms. The first-order chi connectivity index (χ1) is 5.70.